The minimum absolute atomic E-state index is 0.0230. The third-order valence-corrected chi connectivity index (χ3v) is 3.46. The van der Waals surface area contributed by atoms with E-state index in [-0.39, 0.29) is 18.6 Å². The van der Waals surface area contributed by atoms with E-state index in [9.17, 15) is 9.90 Å². The van der Waals surface area contributed by atoms with Crippen molar-refractivity contribution in [3.8, 4) is 0 Å². The van der Waals surface area contributed by atoms with Crippen LogP contribution in [0.15, 0.2) is 24.3 Å². The molecule has 1 aliphatic heterocycles. The van der Waals surface area contributed by atoms with E-state index in [1.54, 1.807) is 29.2 Å². The summed E-state index contributed by atoms with van der Waals surface area (Å²) in [6.45, 7) is 2.79. The van der Waals surface area contributed by atoms with E-state index in [4.69, 9.17) is 5.73 Å². The Kier molecular flexibility index (Phi) is 3.33. The minimum Gasteiger partial charge on any atom is -0.399 e. The van der Waals surface area contributed by atoms with Gasteiger partial charge in [0.05, 0.1) is 12.6 Å². The summed E-state index contributed by atoms with van der Waals surface area (Å²) in [5.41, 5.74) is 6.85. The number of nitrogens with two attached hydrogens (primary N) is 1. The molecule has 1 aliphatic rings. The predicted molar refractivity (Wildman–Crippen MR) is 66.5 cm³/mol. The second-order valence-electron chi connectivity index (χ2n) is 4.64. The predicted octanol–water partition coefficient (Wildman–Crippen LogP) is 1.11. The fraction of sp³-hybridized carbons (Fsp3) is 0.462. The number of nitrogen functional groups attached to an aromatic ring is 1. The van der Waals surface area contributed by atoms with Crippen molar-refractivity contribution in [3.63, 3.8) is 0 Å². The van der Waals surface area contributed by atoms with Crippen LogP contribution in [-0.2, 0) is 0 Å². The van der Waals surface area contributed by atoms with Crippen LogP contribution in [0.4, 0.5) is 5.69 Å². The van der Waals surface area contributed by atoms with Gasteiger partial charge in [0, 0.05) is 17.8 Å². The lowest BCUT2D eigenvalue weighted by atomic mass is 10.0. The molecule has 2 rings (SSSR count). The van der Waals surface area contributed by atoms with Gasteiger partial charge in [0.1, 0.15) is 0 Å². The van der Waals surface area contributed by atoms with Crippen LogP contribution >= 0.6 is 0 Å². The van der Waals surface area contributed by atoms with Gasteiger partial charge in [0.25, 0.3) is 5.91 Å². The van der Waals surface area contributed by atoms with Gasteiger partial charge in [-0.1, -0.05) is 13.0 Å². The molecule has 0 radical (unpaired) electrons. The minimum atomic E-state index is -0.0658. The molecule has 0 aliphatic carbocycles. The molecule has 1 aromatic rings. The van der Waals surface area contributed by atoms with Crippen LogP contribution in [-0.4, -0.2) is 35.1 Å². The van der Waals surface area contributed by atoms with E-state index >= 15 is 0 Å². The third kappa shape index (κ3) is 2.26. The molecule has 3 N–H and O–H groups in total. The maximum absolute atomic E-state index is 12.3. The zero-order chi connectivity index (χ0) is 12.4. The largest absolute Gasteiger partial charge is 0.399 e. The maximum atomic E-state index is 12.3. The zero-order valence-corrected chi connectivity index (χ0v) is 9.97. The molecule has 17 heavy (non-hydrogen) atoms. The molecular formula is C13H18N2O2. The molecule has 0 spiro atoms. The molecule has 1 fully saturated rings. The Labute approximate surface area is 101 Å². The van der Waals surface area contributed by atoms with Crippen molar-refractivity contribution in [2.45, 2.75) is 19.4 Å². The van der Waals surface area contributed by atoms with Gasteiger partial charge in [-0.2, -0.15) is 0 Å². The van der Waals surface area contributed by atoms with Gasteiger partial charge in [-0.15, -0.1) is 0 Å². The summed E-state index contributed by atoms with van der Waals surface area (Å²) in [4.78, 5) is 14.0. The fourth-order valence-corrected chi connectivity index (χ4v) is 2.38. The van der Waals surface area contributed by atoms with Crippen LogP contribution in [0.3, 0.4) is 0 Å². The van der Waals surface area contributed by atoms with Crippen molar-refractivity contribution in [1.82, 2.24) is 4.90 Å². The monoisotopic (exact) mass is 234 g/mol. The lowest BCUT2D eigenvalue weighted by Crippen LogP contribution is -2.39. The standard InChI is InChI=1S/C13H18N2O2/c1-9-5-6-15(12(9)8-16)13(17)10-3-2-4-11(14)7-10/h2-4,7,9,12,16H,5-6,8,14H2,1H3. The van der Waals surface area contributed by atoms with Crippen LogP contribution in [0.1, 0.15) is 23.7 Å². The number of carbonyl (C=O) groups excluding carboxylic acids is 1. The van der Waals surface area contributed by atoms with Gasteiger partial charge in [-0.3, -0.25) is 4.79 Å². The van der Waals surface area contributed by atoms with Crippen LogP contribution in [0.2, 0.25) is 0 Å². The van der Waals surface area contributed by atoms with Crippen LogP contribution in [0.25, 0.3) is 0 Å². The van der Waals surface area contributed by atoms with E-state index < -0.39 is 0 Å². The number of benzene rings is 1. The molecule has 0 aromatic heterocycles. The first-order valence-corrected chi connectivity index (χ1v) is 5.91. The molecule has 1 aromatic carbocycles. The number of likely N-dealkylation sites (tertiary alicyclic amines) is 1. The summed E-state index contributed by atoms with van der Waals surface area (Å²) >= 11 is 0. The Bertz CT molecular complexity index is 420. The van der Waals surface area contributed by atoms with Gasteiger partial charge in [-0.25, -0.2) is 0 Å². The van der Waals surface area contributed by atoms with Crippen molar-refractivity contribution in [1.29, 1.82) is 0 Å². The Morgan fingerprint density at radius 2 is 2.35 bits per heavy atom. The molecule has 2 atom stereocenters. The van der Waals surface area contributed by atoms with Gasteiger partial charge in [0.15, 0.2) is 0 Å². The van der Waals surface area contributed by atoms with E-state index in [2.05, 4.69) is 6.92 Å². The van der Waals surface area contributed by atoms with Crippen molar-refractivity contribution in [2.75, 3.05) is 18.9 Å². The zero-order valence-electron chi connectivity index (χ0n) is 9.97. The first-order valence-electron chi connectivity index (χ1n) is 5.91. The number of hydrogen-bond acceptors (Lipinski definition) is 3. The van der Waals surface area contributed by atoms with E-state index in [1.165, 1.54) is 0 Å². The number of rotatable bonds is 2. The van der Waals surface area contributed by atoms with E-state index in [0.717, 1.165) is 6.42 Å². The molecule has 0 bridgehead atoms. The maximum Gasteiger partial charge on any atom is 0.254 e. The average Bonchev–Trinajstić information content (AvgIpc) is 2.69. The molecule has 1 heterocycles. The molecule has 1 saturated heterocycles. The molecule has 92 valence electrons. The second kappa shape index (κ2) is 4.75. The molecule has 4 nitrogen and oxygen atoms in total. The van der Waals surface area contributed by atoms with E-state index in [1.807, 2.05) is 0 Å². The summed E-state index contributed by atoms with van der Waals surface area (Å²) in [6.07, 6.45) is 0.944. The highest BCUT2D eigenvalue weighted by atomic mass is 16.3. The number of hydrogen-bond donors (Lipinski definition) is 2. The first kappa shape index (κ1) is 11.9. The van der Waals surface area contributed by atoms with Crippen LogP contribution in [0.5, 0.6) is 0 Å². The van der Waals surface area contributed by atoms with Gasteiger partial charge >= 0.3 is 0 Å². The molecule has 1 amide bonds. The highest BCUT2D eigenvalue weighted by molar-refractivity contribution is 5.95. The summed E-state index contributed by atoms with van der Waals surface area (Å²) in [7, 11) is 0. The highest BCUT2D eigenvalue weighted by Gasteiger charge is 2.34. The van der Waals surface area contributed by atoms with E-state index in [0.29, 0.717) is 23.7 Å². The first-order chi connectivity index (χ1) is 8.13. The van der Waals surface area contributed by atoms with Crippen molar-refractivity contribution in [2.24, 2.45) is 5.92 Å². The molecule has 0 saturated carbocycles. The number of aliphatic hydroxyl groups excluding tert-OH is 1. The Morgan fingerprint density at radius 3 is 3.00 bits per heavy atom. The quantitative estimate of drug-likeness (QED) is 0.753. The Balaban J connectivity index is 2.20. The number of nitrogens with zero attached hydrogens (tertiary/aromatic N) is 1. The summed E-state index contributed by atoms with van der Waals surface area (Å²) in [5.74, 6) is 0.311. The molecular weight excluding hydrogens is 216 g/mol. The lowest BCUT2D eigenvalue weighted by molar-refractivity contribution is 0.0648. The average molecular weight is 234 g/mol. The number of carbonyl (C=O) groups is 1. The van der Waals surface area contributed by atoms with Crippen molar-refractivity contribution >= 4 is 11.6 Å². The fourth-order valence-electron chi connectivity index (χ4n) is 2.38. The third-order valence-electron chi connectivity index (χ3n) is 3.46. The lowest BCUT2D eigenvalue weighted by Gasteiger charge is -2.25. The van der Waals surface area contributed by atoms with Crippen molar-refractivity contribution < 1.29 is 9.90 Å². The van der Waals surface area contributed by atoms with Crippen LogP contribution < -0.4 is 5.73 Å². The smallest absolute Gasteiger partial charge is 0.254 e. The highest BCUT2D eigenvalue weighted by Crippen LogP contribution is 2.25. The normalized spacial score (nSPS) is 24.0. The number of anilines is 1. The van der Waals surface area contributed by atoms with Gasteiger partial charge in [-0.05, 0) is 30.5 Å². The van der Waals surface area contributed by atoms with Gasteiger partial charge < -0.3 is 15.7 Å². The Hall–Kier alpha value is -1.55. The molecule has 2 unspecified atom stereocenters. The molecule has 4 heteroatoms. The van der Waals surface area contributed by atoms with Crippen molar-refractivity contribution in [3.05, 3.63) is 29.8 Å². The SMILES string of the molecule is CC1CCN(C(=O)c2cccc(N)c2)C1CO. The second-order valence-corrected chi connectivity index (χ2v) is 4.64. The summed E-state index contributed by atoms with van der Waals surface area (Å²) in [6, 6.07) is 6.91. The van der Waals surface area contributed by atoms with Gasteiger partial charge in [0.2, 0.25) is 0 Å². The Morgan fingerprint density at radius 1 is 1.59 bits per heavy atom. The number of aliphatic hydroxyl groups is 1. The van der Waals surface area contributed by atoms with Crippen LogP contribution in [0, 0.1) is 5.92 Å². The summed E-state index contributed by atoms with van der Waals surface area (Å²) < 4.78 is 0. The summed E-state index contributed by atoms with van der Waals surface area (Å²) in [5, 5.41) is 9.34. The number of amides is 1. The topological polar surface area (TPSA) is 66.6 Å².